The third-order valence-electron chi connectivity index (χ3n) is 16.5. The average molecular weight is 1450 g/mol. The molecule has 0 aromatic carbocycles. The first kappa shape index (κ1) is 96.0. The number of allylic oxidation sites excluding steroid dienone is 16. The second kappa shape index (κ2) is 73.3. The average Bonchev–Trinajstić information content (AvgIpc) is 1.06. The van der Waals surface area contributed by atoms with Crippen molar-refractivity contribution >= 4 is 39.5 Å². The maximum Gasteiger partial charge on any atom is 0.472 e. The van der Waals surface area contributed by atoms with Gasteiger partial charge in [0.15, 0.2) is 12.2 Å². The molecule has 0 aromatic rings. The quantitative estimate of drug-likeness (QED) is 0.0169. The Bertz CT molecular complexity index is 2270. The summed E-state index contributed by atoms with van der Waals surface area (Å²) in [6.07, 6.45) is 76.8. The van der Waals surface area contributed by atoms with Crippen molar-refractivity contribution in [1.82, 2.24) is 0 Å². The van der Waals surface area contributed by atoms with E-state index in [1.54, 1.807) is 0 Å². The summed E-state index contributed by atoms with van der Waals surface area (Å²) < 4.78 is 68.5. The lowest BCUT2D eigenvalue weighted by Gasteiger charge is -2.21. The van der Waals surface area contributed by atoms with E-state index in [1.165, 1.54) is 109 Å². The number of aliphatic hydroxyl groups excluding tert-OH is 1. The number of rotatable bonds is 74. The van der Waals surface area contributed by atoms with Gasteiger partial charge in [-0.3, -0.25) is 37.3 Å². The number of hydrogen-bond donors (Lipinski definition) is 3. The first-order valence-corrected chi connectivity index (χ1v) is 42.5. The minimum atomic E-state index is -4.99. The van der Waals surface area contributed by atoms with Crippen molar-refractivity contribution in [2.24, 2.45) is 0 Å². The molecule has 0 saturated carbocycles. The normalized spacial score (nSPS) is 14.4. The molecule has 17 nitrogen and oxygen atoms in total. The molecule has 0 aliphatic carbocycles. The molecule has 0 heterocycles. The third kappa shape index (κ3) is 72.3. The van der Waals surface area contributed by atoms with Crippen molar-refractivity contribution in [2.75, 3.05) is 39.6 Å². The maximum absolute atomic E-state index is 13.1. The number of ether oxygens (including phenoxy) is 4. The standard InChI is InChI=1S/C81H142O17P2/c1-5-9-13-17-21-25-29-33-36-37-40-43-46-50-54-58-62-66-79(84)92-72-77(98-81(86)68-64-60-56-52-48-44-39-35-31-27-23-19-15-11-7-3)74-96-100(89,90)94-70-75(82)69-93-99(87,88)95-73-76(97-80(85)67-63-59-55-51-47-41-32-28-24-20-16-12-8-4)71-91-78(83)65-61-57-53-49-45-42-38-34-30-26-22-18-14-10-6-2/h21-23,25-27,33-36,38-40,43,50,54,75-77,82H,5-20,24,28-32,37,41-42,44-49,51-53,55-74H2,1-4H3,(H,87,88)(H,89,90)/b25-21-,26-22-,27-23-,36-33-,38-34-,39-35-,43-40-,54-50-/t75-,76-,77-/m1/s1. The molecule has 0 aliphatic rings. The Hall–Kier alpha value is -4.02. The number of aliphatic hydroxyl groups is 1. The van der Waals surface area contributed by atoms with Gasteiger partial charge in [-0.25, -0.2) is 9.13 Å². The van der Waals surface area contributed by atoms with Crippen molar-refractivity contribution < 1.29 is 80.2 Å². The van der Waals surface area contributed by atoms with Crippen molar-refractivity contribution in [3.8, 4) is 0 Å². The molecule has 0 aliphatic heterocycles. The van der Waals surface area contributed by atoms with Gasteiger partial charge in [-0.1, -0.05) is 279 Å². The van der Waals surface area contributed by atoms with Crippen LogP contribution in [0.2, 0.25) is 0 Å². The Morgan fingerprint density at radius 1 is 0.280 bits per heavy atom. The van der Waals surface area contributed by atoms with Gasteiger partial charge in [0.1, 0.15) is 19.3 Å². The second-order valence-electron chi connectivity index (χ2n) is 26.3. The van der Waals surface area contributed by atoms with Gasteiger partial charge < -0.3 is 33.8 Å². The van der Waals surface area contributed by atoms with Gasteiger partial charge >= 0.3 is 39.5 Å². The lowest BCUT2D eigenvalue weighted by atomic mass is 10.0. The van der Waals surface area contributed by atoms with E-state index in [1.807, 2.05) is 12.2 Å². The molecule has 0 amide bonds. The van der Waals surface area contributed by atoms with Gasteiger partial charge in [0.2, 0.25) is 0 Å². The van der Waals surface area contributed by atoms with E-state index in [0.29, 0.717) is 32.1 Å². The van der Waals surface area contributed by atoms with Gasteiger partial charge in [0.05, 0.1) is 26.4 Å². The Kier molecular flexibility index (Phi) is 70.4. The molecule has 19 heteroatoms. The highest BCUT2D eigenvalue weighted by molar-refractivity contribution is 7.47. The lowest BCUT2D eigenvalue weighted by Crippen LogP contribution is -2.30. The number of carbonyl (C=O) groups excluding carboxylic acids is 4. The van der Waals surface area contributed by atoms with Crippen molar-refractivity contribution in [2.45, 2.75) is 354 Å². The number of phosphoric acid groups is 2. The van der Waals surface area contributed by atoms with E-state index in [4.69, 9.17) is 37.0 Å². The predicted octanol–water partition coefficient (Wildman–Crippen LogP) is 22.8. The molecule has 0 fully saturated rings. The van der Waals surface area contributed by atoms with Crippen LogP contribution in [-0.4, -0.2) is 96.7 Å². The largest absolute Gasteiger partial charge is 0.472 e. The van der Waals surface area contributed by atoms with E-state index in [0.717, 1.165) is 141 Å². The second-order valence-corrected chi connectivity index (χ2v) is 29.2. The minimum absolute atomic E-state index is 0.0674. The van der Waals surface area contributed by atoms with Crippen LogP contribution in [-0.2, 0) is 65.4 Å². The smallest absolute Gasteiger partial charge is 0.462 e. The summed E-state index contributed by atoms with van der Waals surface area (Å²) in [4.78, 5) is 72.9. The highest BCUT2D eigenvalue weighted by atomic mass is 31.2. The van der Waals surface area contributed by atoms with Crippen LogP contribution in [0.1, 0.15) is 336 Å². The zero-order valence-corrected chi connectivity index (χ0v) is 64.9. The van der Waals surface area contributed by atoms with E-state index in [9.17, 15) is 43.2 Å². The molecule has 5 atom stereocenters. The third-order valence-corrected chi connectivity index (χ3v) is 18.4. The number of unbranched alkanes of at least 4 members (excludes halogenated alkanes) is 32. The molecule has 578 valence electrons. The Balaban J connectivity index is 5.40. The number of carbonyl (C=O) groups is 4. The lowest BCUT2D eigenvalue weighted by molar-refractivity contribution is -0.161. The summed E-state index contributed by atoms with van der Waals surface area (Å²) in [5, 5.41) is 10.6. The van der Waals surface area contributed by atoms with Crippen LogP contribution in [0.5, 0.6) is 0 Å². The molecule has 2 unspecified atom stereocenters. The van der Waals surface area contributed by atoms with Crippen molar-refractivity contribution in [3.05, 3.63) is 97.2 Å². The van der Waals surface area contributed by atoms with Crippen molar-refractivity contribution in [3.63, 3.8) is 0 Å². The summed E-state index contributed by atoms with van der Waals surface area (Å²) in [6.45, 7) is 4.73. The highest BCUT2D eigenvalue weighted by Gasteiger charge is 2.30. The molecule has 0 aromatic heterocycles. The van der Waals surface area contributed by atoms with Crippen LogP contribution in [0.25, 0.3) is 0 Å². The number of hydrogen-bond acceptors (Lipinski definition) is 15. The fraction of sp³-hybridized carbons (Fsp3) is 0.753. The van der Waals surface area contributed by atoms with Crippen LogP contribution in [0, 0.1) is 0 Å². The monoisotopic (exact) mass is 1450 g/mol. The molecular formula is C81H142O17P2. The van der Waals surface area contributed by atoms with Gasteiger partial charge in [0.25, 0.3) is 0 Å². The van der Waals surface area contributed by atoms with Gasteiger partial charge in [-0.2, -0.15) is 0 Å². The van der Waals surface area contributed by atoms with Crippen LogP contribution in [0.3, 0.4) is 0 Å². The van der Waals surface area contributed by atoms with E-state index < -0.39 is 97.5 Å². The molecule has 0 saturated heterocycles. The summed E-state index contributed by atoms with van der Waals surface area (Å²) in [5.74, 6) is -2.25. The number of esters is 4. The molecule has 0 spiro atoms. The Morgan fingerprint density at radius 2 is 0.500 bits per heavy atom. The molecule has 0 radical (unpaired) electrons. The van der Waals surface area contributed by atoms with Crippen molar-refractivity contribution in [1.29, 1.82) is 0 Å². The molecule has 3 N–H and O–H groups in total. The fourth-order valence-corrected chi connectivity index (χ4v) is 12.0. The molecule has 0 bridgehead atoms. The van der Waals surface area contributed by atoms with Crippen LogP contribution < -0.4 is 0 Å². The van der Waals surface area contributed by atoms with E-state index >= 15 is 0 Å². The summed E-state index contributed by atoms with van der Waals surface area (Å²) >= 11 is 0. The van der Waals surface area contributed by atoms with Gasteiger partial charge in [-0.15, -0.1) is 0 Å². The summed E-state index contributed by atoms with van der Waals surface area (Å²) in [5.41, 5.74) is 0. The summed E-state index contributed by atoms with van der Waals surface area (Å²) in [6, 6.07) is 0. The highest BCUT2D eigenvalue weighted by Crippen LogP contribution is 2.45. The van der Waals surface area contributed by atoms with Gasteiger partial charge in [-0.05, 0) is 128 Å². The Labute approximate surface area is 607 Å². The molecular weight excluding hydrogens is 1310 g/mol. The predicted molar refractivity (Wildman–Crippen MR) is 409 cm³/mol. The maximum atomic E-state index is 13.1. The first-order valence-electron chi connectivity index (χ1n) is 39.5. The SMILES string of the molecule is CCCCC/C=C\C/C=C\C/C=C\C/C=C\CCCC(=O)OC[C@H](COP(=O)(O)OC[C@H](O)COP(=O)(O)OC[C@@H](COC(=O)CCCCCCC/C=C\C/C=C\CCCCC)OC(=O)CCCCCCCCCCCCCCC)OC(=O)CCCCCCC/C=C\C/C=C\CCCCC. The zero-order chi connectivity index (χ0) is 73.2. The van der Waals surface area contributed by atoms with Crippen LogP contribution >= 0.6 is 15.6 Å². The van der Waals surface area contributed by atoms with Crippen LogP contribution in [0.4, 0.5) is 0 Å². The molecule has 100 heavy (non-hydrogen) atoms. The van der Waals surface area contributed by atoms with Crippen LogP contribution in [0.15, 0.2) is 97.2 Å². The van der Waals surface area contributed by atoms with E-state index in [-0.39, 0.29) is 25.7 Å². The minimum Gasteiger partial charge on any atom is -0.462 e. The van der Waals surface area contributed by atoms with E-state index in [2.05, 4.69) is 113 Å². The van der Waals surface area contributed by atoms with Gasteiger partial charge in [0, 0.05) is 25.7 Å². The first-order chi connectivity index (χ1) is 48.7. The Morgan fingerprint density at radius 3 is 0.810 bits per heavy atom. The summed E-state index contributed by atoms with van der Waals surface area (Å²) in [7, 11) is -9.97. The topological polar surface area (TPSA) is 237 Å². The number of phosphoric ester groups is 2. The fourth-order valence-electron chi connectivity index (χ4n) is 10.4. The zero-order valence-electron chi connectivity index (χ0n) is 63.1. The molecule has 0 rings (SSSR count).